The van der Waals surface area contributed by atoms with Crippen LogP contribution in [0.5, 0.6) is 0 Å². The van der Waals surface area contributed by atoms with Crippen molar-refractivity contribution in [3.63, 3.8) is 0 Å². The second kappa shape index (κ2) is 2.42. The van der Waals surface area contributed by atoms with Gasteiger partial charge in [0.05, 0.1) is 5.54 Å². The molecular weight excluding hydrogens is 160 g/mol. The summed E-state index contributed by atoms with van der Waals surface area (Å²) in [6.45, 7) is 0.687. The molecule has 3 N–H and O–H groups in total. The Hall–Kier alpha value is -0.680. The summed E-state index contributed by atoms with van der Waals surface area (Å²) in [4.78, 5) is 4.03. The van der Waals surface area contributed by atoms with E-state index in [4.69, 9.17) is 5.73 Å². The molecule has 1 aromatic rings. The van der Waals surface area contributed by atoms with Crippen LogP contribution < -0.4 is 11.1 Å². The Balaban J connectivity index is 2.01. The van der Waals surface area contributed by atoms with Crippen LogP contribution in [0.4, 0.5) is 5.13 Å². The average molecular weight is 170 g/mol. The zero-order valence-corrected chi connectivity index (χ0v) is 6.90. The summed E-state index contributed by atoms with van der Waals surface area (Å²) < 4.78 is 3.90. The van der Waals surface area contributed by atoms with Crippen LogP contribution in [0.2, 0.25) is 0 Å². The van der Waals surface area contributed by atoms with Gasteiger partial charge in [-0.25, -0.2) is 4.98 Å². The summed E-state index contributed by atoms with van der Waals surface area (Å²) in [6, 6.07) is 0. The standard InChI is InChI=1S/C6H10N4S/c7-3-6(1-2-6)10-5-8-4-9-11-5/h4H,1-3,7H2,(H,8,9,10). The lowest BCUT2D eigenvalue weighted by Gasteiger charge is -2.12. The van der Waals surface area contributed by atoms with E-state index in [2.05, 4.69) is 14.7 Å². The third kappa shape index (κ3) is 1.34. The molecule has 0 amide bonds. The van der Waals surface area contributed by atoms with Gasteiger partial charge in [-0.3, -0.25) is 0 Å². The molecule has 5 heteroatoms. The molecule has 0 aliphatic heterocycles. The molecule has 1 heterocycles. The van der Waals surface area contributed by atoms with Gasteiger partial charge in [-0.1, -0.05) is 0 Å². The number of rotatable bonds is 3. The van der Waals surface area contributed by atoms with Crippen molar-refractivity contribution in [1.82, 2.24) is 9.36 Å². The maximum atomic E-state index is 5.58. The van der Waals surface area contributed by atoms with E-state index >= 15 is 0 Å². The maximum Gasteiger partial charge on any atom is 0.202 e. The summed E-state index contributed by atoms with van der Waals surface area (Å²) >= 11 is 1.38. The van der Waals surface area contributed by atoms with Gasteiger partial charge >= 0.3 is 0 Å². The van der Waals surface area contributed by atoms with Crippen molar-refractivity contribution in [1.29, 1.82) is 0 Å². The third-order valence-electron chi connectivity index (χ3n) is 1.98. The molecule has 1 aliphatic carbocycles. The molecule has 1 saturated carbocycles. The number of hydrogen-bond acceptors (Lipinski definition) is 5. The fourth-order valence-corrected chi connectivity index (χ4v) is 1.54. The van der Waals surface area contributed by atoms with Crippen molar-refractivity contribution in [3.8, 4) is 0 Å². The number of aromatic nitrogens is 2. The molecule has 0 saturated heterocycles. The highest BCUT2D eigenvalue weighted by Crippen LogP contribution is 2.37. The zero-order chi connectivity index (χ0) is 7.73. The highest BCUT2D eigenvalue weighted by molar-refractivity contribution is 7.09. The normalized spacial score (nSPS) is 19.7. The zero-order valence-electron chi connectivity index (χ0n) is 6.08. The Morgan fingerprint density at radius 1 is 1.73 bits per heavy atom. The summed E-state index contributed by atoms with van der Waals surface area (Å²) in [7, 11) is 0. The monoisotopic (exact) mass is 170 g/mol. The lowest BCUT2D eigenvalue weighted by Crippen LogP contribution is -2.30. The predicted octanol–water partition coefficient (Wildman–Crippen LogP) is 0.441. The van der Waals surface area contributed by atoms with Crippen LogP contribution in [0.1, 0.15) is 12.8 Å². The van der Waals surface area contributed by atoms with E-state index in [9.17, 15) is 0 Å². The summed E-state index contributed by atoms with van der Waals surface area (Å²) in [5.41, 5.74) is 5.73. The smallest absolute Gasteiger partial charge is 0.202 e. The fourth-order valence-electron chi connectivity index (χ4n) is 0.986. The average Bonchev–Trinajstić information content (AvgIpc) is 2.59. The number of nitrogens with zero attached hydrogens (tertiary/aromatic N) is 2. The van der Waals surface area contributed by atoms with Gasteiger partial charge < -0.3 is 11.1 Å². The van der Waals surface area contributed by atoms with E-state index in [1.54, 1.807) is 6.33 Å². The van der Waals surface area contributed by atoms with Crippen molar-refractivity contribution >= 4 is 16.7 Å². The van der Waals surface area contributed by atoms with Crippen LogP contribution in [-0.4, -0.2) is 21.4 Å². The molecule has 1 aliphatic rings. The first-order chi connectivity index (χ1) is 5.35. The number of nitrogens with two attached hydrogens (primary N) is 1. The van der Waals surface area contributed by atoms with E-state index in [0.717, 1.165) is 18.0 Å². The van der Waals surface area contributed by atoms with Crippen LogP contribution in [0.15, 0.2) is 6.33 Å². The van der Waals surface area contributed by atoms with Crippen molar-refractivity contribution in [2.24, 2.45) is 5.73 Å². The Bertz CT molecular complexity index is 229. The first-order valence-electron chi connectivity index (χ1n) is 3.60. The first-order valence-corrected chi connectivity index (χ1v) is 4.37. The van der Waals surface area contributed by atoms with Crippen molar-refractivity contribution in [2.45, 2.75) is 18.4 Å². The fraction of sp³-hybridized carbons (Fsp3) is 0.667. The lowest BCUT2D eigenvalue weighted by atomic mass is 10.3. The van der Waals surface area contributed by atoms with Crippen LogP contribution in [0.3, 0.4) is 0 Å². The Kier molecular flexibility index (Phi) is 1.54. The molecule has 11 heavy (non-hydrogen) atoms. The number of nitrogens with one attached hydrogen (secondary N) is 1. The summed E-state index contributed by atoms with van der Waals surface area (Å²) in [5, 5.41) is 4.16. The van der Waals surface area contributed by atoms with E-state index in [-0.39, 0.29) is 5.54 Å². The largest absolute Gasteiger partial charge is 0.354 e. The second-order valence-corrected chi connectivity index (χ2v) is 3.64. The minimum atomic E-state index is 0.152. The van der Waals surface area contributed by atoms with E-state index in [1.807, 2.05) is 0 Å². The predicted molar refractivity (Wildman–Crippen MR) is 44.6 cm³/mol. The highest BCUT2D eigenvalue weighted by Gasteiger charge is 2.41. The Morgan fingerprint density at radius 2 is 2.55 bits per heavy atom. The highest BCUT2D eigenvalue weighted by atomic mass is 32.1. The molecule has 2 rings (SSSR count). The topological polar surface area (TPSA) is 63.8 Å². The van der Waals surface area contributed by atoms with Gasteiger partial charge in [0, 0.05) is 18.1 Å². The van der Waals surface area contributed by atoms with Gasteiger partial charge in [0.15, 0.2) is 0 Å². The molecule has 1 aromatic heterocycles. The van der Waals surface area contributed by atoms with Gasteiger partial charge in [0.1, 0.15) is 6.33 Å². The van der Waals surface area contributed by atoms with Gasteiger partial charge in [0.2, 0.25) is 5.13 Å². The lowest BCUT2D eigenvalue weighted by molar-refractivity contribution is 0.741. The summed E-state index contributed by atoms with van der Waals surface area (Å²) in [5.74, 6) is 0. The molecule has 0 atom stereocenters. The minimum Gasteiger partial charge on any atom is -0.354 e. The molecule has 60 valence electrons. The SMILES string of the molecule is NCC1(Nc2ncns2)CC1. The van der Waals surface area contributed by atoms with Crippen molar-refractivity contribution < 1.29 is 0 Å². The molecule has 1 fully saturated rings. The summed E-state index contributed by atoms with van der Waals surface area (Å²) in [6.07, 6.45) is 3.87. The quantitative estimate of drug-likeness (QED) is 0.691. The number of anilines is 1. The number of hydrogen-bond donors (Lipinski definition) is 2. The third-order valence-corrected chi connectivity index (χ3v) is 2.56. The van der Waals surface area contributed by atoms with Crippen molar-refractivity contribution in [3.05, 3.63) is 6.33 Å². The van der Waals surface area contributed by atoms with Gasteiger partial charge in [-0.05, 0) is 12.8 Å². The minimum absolute atomic E-state index is 0.152. The second-order valence-electron chi connectivity index (χ2n) is 2.86. The molecule has 0 radical (unpaired) electrons. The van der Waals surface area contributed by atoms with Crippen molar-refractivity contribution in [2.75, 3.05) is 11.9 Å². The van der Waals surface area contributed by atoms with E-state index in [1.165, 1.54) is 11.5 Å². The molecule has 0 aromatic carbocycles. The van der Waals surface area contributed by atoms with Crippen LogP contribution in [-0.2, 0) is 0 Å². The van der Waals surface area contributed by atoms with Gasteiger partial charge in [0.25, 0.3) is 0 Å². The van der Waals surface area contributed by atoms with Gasteiger partial charge in [-0.2, -0.15) is 4.37 Å². The van der Waals surface area contributed by atoms with E-state index < -0.39 is 0 Å². The van der Waals surface area contributed by atoms with Crippen LogP contribution >= 0.6 is 11.5 Å². The molecule has 0 bridgehead atoms. The molecule has 0 unspecified atom stereocenters. The Labute approximate surface area is 69.0 Å². The molecule has 4 nitrogen and oxygen atoms in total. The molecular formula is C6H10N4S. The maximum absolute atomic E-state index is 5.58. The van der Waals surface area contributed by atoms with Gasteiger partial charge in [-0.15, -0.1) is 0 Å². The van der Waals surface area contributed by atoms with Crippen LogP contribution in [0, 0.1) is 0 Å². The Morgan fingerprint density at radius 3 is 3.00 bits per heavy atom. The first kappa shape index (κ1) is 7.00. The van der Waals surface area contributed by atoms with Crippen LogP contribution in [0.25, 0.3) is 0 Å². The molecule has 0 spiro atoms. The van der Waals surface area contributed by atoms with E-state index in [0.29, 0.717) is 6.54 Å².